The standard InChI is InChI=1S/C21H25N3O/c1-18-6-5-9-19(16-18)10-11-22-21(25)24-14-12-23(13-15-24)17-20-7-3-2-4-8-20/h2-11,16H,12-15,17H2,1H3,(H,22,25)/b11-10+. The van der Waals surface area contributed by atoms with Gasteiger partial charge in [-0.3, -0.25) is 4.90 Å². The maximum Gasteiger partial charge on any atom is 0.321 e. The van der Waals surface area contributed by atoms with Crippen LogP contribution in [0.15, 0.2) is 60.8 Å². The van der Waals surface area contributed by atoms with E-state index in [1.54, 1.807) is 6.20 Å². The van der Waals surface area contributed by atoms with Crippen molar-refractivity contribution in [2.75, 3.05) is 26.2 Å². The summed E-state index contributed by atoms with van der Waals surface area (Å²) in [5.74, 6) is 0. The predicted octanol–water partition coefficient (Wildman–Crippen LogP) is 3.49. The van der Waals surface area contributed by atoms with Crippen LogP contribution in [-0.4, -0.2) is 42.0 Å². The van der Waals surface area contributed by atoms with Crippen molar-refractivity contribution >= 4 is 12.1 Å². The van der Waals surface area contributed by atoms with Crippen LogP contribution < -0.4 is 5.32 Å². The molecule has 1 aliphatic rings. The Kier molecular flexibility index (Phi) is 5.86. The topological polar surface area (TPSA) is 35.6 Å². The van der Waals surface area contributed by atoms with E-state index in [4.69, 9.17) is 0 Å². The largest absolute Gasteiger partial charge is 0.322 e. The summed E-state index contributed by atoms with van der Waals surface area (Å²) >= 11 is 0. The summed E-state index contributed by atoms with van der Waals surface area (Å²) in [6.07, 6.45) is 3.66. The summed E-state index contributed by atoms with van der Waals surface area (Å²) in [6.45, 7) is 6.34. The zero-order valence-corrected chi connectivity index (χ0v) is 14.7. The highest BCUT2D eigenvalue weighted by Gasteiger charge is 2.20. The number of benzene rings is 2. The monoisotopic (exact) mass is 335 g/mol. The molecule has 1 aliphatic heterocycles. The molecule has 0 spiro atoms. The van der Waals surface area contributed by atoms with Crippen LogP contribution in [0.4, 0.5) is 4.79 Å². The Bertz CT molecular complexity index is 719. The SMILES string of the molecule is Cc1cccc(/C=C/NC(=O)N2CCN(Cc3ccccc3)CC2)c1. The van der Waals surface area contributed by atoms with E-state index >= 15 is 0 Å². The molecule has 130 valence electrons. The maximum absolute atomic E-state index is 12.3. The Morgan fingerprint density at radius 2 is 1.80 bits per heavy atom. The molecule has 4 heteroatoms. The lowest BCUT2D eigenvalue weighted by Gasteiger charge is -2.34. The molecule has 1 fully saturated rings. The quantitative estimate of drug-likeness (QED) is 0.928. The number of carbonyl (C=O) groups excluding carboxylic acids is 1. The van der Waals surface area contributed by atoms with Gasteiger partial charge in [-0.25, -0.2) is 4.79 Å². The first kappa shape index (κ1) is 17.2. The molecule has 2 amide bonds. The summed E-state index contributed by atoms with van der Waals surface area (Å²) in [5, 5.41) is 2.87. The molecule has 2 aromatic carbocycles. The van der Waals surface area contributed by atoms with Crippen LogP contribution in [0.2, 0.25) is 0 Å². The molecule has 0 unspecified atom stereocenters. The van der Waals surface area contributed by atoms with Gasteiger partial charge in [-0.15, -0.1) is 0 Å². The van der Waals surface area contributed by atoms with Gasteiger partial charge in [-0.2, -0.15) is 0 Å². The van der Waals surface area contributed by atoms with Gasteiger partial charge in [0, 0.05) is 38.9 Å². The number of urea groups is 1. The molecule has 1 N–H and O–H groups in total. The number of hydrogen-bond acceptors (Lipinski definition) is 2. The Labute approximate surface area is 149 Å². The fraction of sp³-hybridized carbons (Fsp3) is 0.286. The summed E-state index contributed by atoms with van der Waals surface area (Å²) in [4.78, 5) is 16.5. The molecule has 1 saturated heterocycles. The van der Waals surface area contributed by atoms with Crippen LogP contribution in [0.1, 0.15) is 16.7 Å². The van der Waals surface area contributed by atoms with Gasteiger partial charge >= 0.3 is 6.03 Å². The molecule has 0 atom stereocenters. The van der Waals surface area contributed by atoms with Crippen molar-refractivity contribution in [1.29, 1.82) is 0 Å². The lowest BCUT2D eigenvalue weighted by atomic mass is 10.1. The molecule has 0 bridgehead atoms. The minimum Gasteiger partial charge on any atom is -0.322 e. The van der Waals surface area contributed by atoms with Gasteiger partial charge in [0.1, 0.15) is 0 Å². The number of piperazine rings is 1. The highest BCUT2D eigenvalue weighted by molar-refractivity contribution is 5.76. The van der Waals surface area contributed by atoms with E-state index in [1.807, 2.05) is 29.2 Å². The normalized spacial score (nSPS) is 15.5. The molecule has 2 aromatic rings. The van der Waals surface area contributed by atoms with Crippen LogP contribution in [0.25, 0.3) is 6.08 Å². The van der Waals surface area contributed by atoms with Crippen LogP contribution >= 0.6 is 0 Å². The second-order valence-corrected chi connectivity index (χ2v) is 6.45. The molecular weight excluding hydrogens is 310 g/mol. The third-order valence-electron chi connectivity index (χ3n) is 4.43. The Morgan fingerprint density at radius 1 is 1.04 bits per heavy atom. The highest BCUT2D eigenvalue weighted by atomic mass is 16.2. The fourth-order valence-electron chi connectivity index (χ4n) is 3.02. The molecule has 0 aliphatic carbocycles. The van der Waals surface area contributed by atoms with Gasteiger partial charge in [0.2, 0.25) is 0 Å². The van der Waals surface area contributed by atoms with Crippen LogP contribution in [-0.2, 0) is 6.54 Å². The van der Waals surface area contributed by atoms with Gasteiger partial charge in [0.15, 0.2) is 0 Å². The van der Waals surface area contributed by atoms with Gasteiger partial charge < -0.3 is 10.2 Å². The van der Waals surface area contributed by atoms with Gasteiger partial charge in [0.25, 0.3) is 0 Å². The summed E-state index contributed by atoms with van der Waals surface area (Å²) < 4.78 is 0. The first-order valence-corrected chi connectivity index (χ1v) is 8.76. The first-order chi connectivity index (χ1) is 12.2. The van der Waals surface area contributed by atoms with Gasteiger partial charge in [-0.05, 0) is 24.1 Å². The Hall–Kier alpha value is -2.59. The molecule has 0 radical (unpaired) electrons. The van der Waals surface area contributed by atoms with Crippen molar-refractivity contribution in [2.24, 2.45) is 0 Å². The summed E-state index contributed by atoms with van der Waals surface area (Å²) in [6, 6.07) is 18.6. The lowest BCUT2D eigenvalue weighted by molar-refractivity contribution is 0.137. The number of rotatable bonds is 4. The van der Waals surface area contributed by atoms with Crippen molar-refractivity contribution in [3.63, 3.8) is 0 Å². The van der Waals surface area contributed by atoms with Crippen molar-refractivity contribution in [1.82, 2.24) is 15.1 Å². The molecule has 3 rings (SSSR count). The lowest BCUT2D eigenvalue weighted by Crippen LogP contribution is -2.50. The molecule has 0 saturated carbocycles. The predicted molar refractivity (Wildman–Crippen MR) is 102 cm³/mol. The Balaban J connectivity index is 1.44. The number of carbonyl (C=O) groups is 1. The number of aryl methyl sites for hydroxylation is 1. The third-order valence-corrected chi connectivity index (χ3v) is 4.43. The number of hydrogen-bond donors (Lipinski definition) is 1. The number of amides is 2. The van der Waals surface area contributed by atoms with Crippen LogP contribution in [0, 0.1) is 6.92 Å². The summed E-state index contributed by atoms with van der Waals surface area (Å²) in [7, 11) is 0. The first-order valence-electron chi connectivity index (χ1n) is 8.76. The molecule has 0 aromatic heterocycles. The third kappa shape index (κ3) is 5.19. The minimum absolute atomic E-state index is 0.0248. The van der Waals surface area contributed by atoms with Crippen molar-refractivity contribution in [2.45, 2.75) is 13.5 Å². The molecule has 1 heterocycles. The molecule has 4 nitrogen and oxygen atoms in total. The van der Waals surface area contributed by atoms with Crippen molar-refractivity contribution < 1.29 is 4.79 Å². The van der Waals surface area contributed by atoms with E-state index in [9.17, 15) is 4.79 Å². The fourth-order valence-corrected chi connectivity index (χ4v) is 3.02. The summed E-state index contributed by atoms with van der Waals surface area (Å²) in [5.41, 5.74) is 3.62. The van der Waals surface area contributed by atoms with E-state index < -0.39 is 0 Å². The van der Waals surface area contributed by atoms with E-state index in [1.165, 1.54) is 11.1 Å². The van der Waals surface area contributed by atoms with Gasteiger partial charge in [-0.1, -0.05) is 60.2 Å². The van der Waals surface area contributed by atoms with Gasteiger partial charge in [0.05, 0.1) is 0 Å². The van der Waals surface area contributed by atoms with E-state index in [0.29, 0.717) is 0 Å². The average Bonchev–Trinajstić information content (AvgIpc) is 2.63. The second-order valence-electron chi connectivity index (χ2n) is 6.45. The van der Waals surface area contributed by atoms with E-state index in [0.717, 1.165) is 38.3 Å². The zero-order valence-electron chi connectivity index (χ0n) is 14.7. The van der Waals surface area contributed by atoms with Crippen molar-refractivity contribution in [3.05, 3.63) is 77.5 Å². The minimum atomic E-state index is -0.0248. The highest BCUT2D eigenvalue weighted by Crippen LogP contribution is 2.09. The molecular formula is C21H25N3O. The Morgan fingerprint density at radius 3 is 2.52 bits per heavy atom. The molecule has 25 heavy (non-hydrogen) atoms. The zero-order chi connectivity index (χ0) is 17.5. The van der Waals surface area contributed by atoms with Crippen molar-refractivity contribution in [3.8, 4) is 0 Å². The second kappa shape index (κ2) is 8.49. The number of nitrogens with one attached hydrogen (secondary N) is 1. The smallest absolute Gasteiger partial charge is 0.321 e. The maximum atomic E-state index is 12.3. The van der Waals surface area contributed by atoms with Crippen LogP contribution in [0.5, 0.6) is 0 Å². The van der Waals surface area contributed by atoms with E-state index in [-0.39, 0.29) is 6.03 Å². The van der Waals surface area contributed by atoms with Crippen LogP contribution in [0.3, 0.4) is 0 Å². The number of nitrogens with zero attached hydrogens (tertiary/aromatic N) is 2. The van der Waals surface area contributed by atoms with E-state index in [2.05, 4.69) is 53.5 Å². The average molecular weight is 335 g/mol.